The van der Waals surface area contributed by atoms with Gasteiger partial charge >= 0.3 is 5.97 Å². The summed E-state index contributed by atoms with van der Waals surface area (Å²) in [6, 6.07) is 5.28. The third kappa shape index (κ3) is 5.29. The number of methoxy groups -OCH3 is 1. The zero-order chi connectivity index (χ0) is 19.8. The Hall–Kier alpha value is -2.41. The first-order chi connectivity index (χ1) is 13.0. The van der Waals surface area contributed by atoms with Gasteiger partial charge in [0.25, 0.3) is 0 Å². The molecule has 0 unspecified atom stereocenters. The molecule has 1 aromatic carbocycles. The van der Waals surface area contributed by atoms with Crippen LogP contribution in [0.3, 0.4) is 0 Å². The molecular formula is C20H30N4O3. The lowest BCUT2D eigenvalue weighted by Crippen LogP contribution is -2.31. The standard InChI is InChI=1S/C20H30N4O3/c1-5-23(6-2)12-8-11-21-19(25)14-18-22-16-13-15(20(26)27-4)9-10-17(16)24(18)7-3/h9-10,13H,5-8,11-12,14H2,1-4H3,(H,21,25). The van der Waals surface area contributed by atoms with E-state index in [1.165, 1.54) is 7.11 Å². The minimum atomic E-state index is -0.393. The zero-order valence-electron chi connectivity index (χ0n) is 16.7. The van der Waals surface area contributed by atoms with Gasteiger partial charge < -0.3 is 19.5 Å². The van der Waals surface area contributed by atoms with E-state index in [2.05, 4.69) is 29.0 Å². The van der Waals surface area contributed by atoms with Crippen molar-refractivity contribution in [1.82, 2.24) is 19.8 Å². The van der Waals surface area contributed by atoms with Crippen LogP contribution >= 0.6 is 0 Å². The van der Waals surface area contributed by atoms with Gasteiger partial charge in [-0.1, -0.05) is 13.8 Å². The van der Waals surface area contributed by atoms with Gasteiger partial charge in [0, 0.05) is 13.1 Å². The normalized spacial score (nSPS) is 11.1. The van der Waals surface area contributed by atoms with Crippen molar-refractivity contribution in [3.05, 3.63) is 29.6 Å². The smallest absolute Gasteiger partial charge is 0.337 e. The van der Waals surface area contributed by atoms with Crippen LogP contribution in [0.4, 0.5) is 0 Å². The Morgan fingerprint density at radius 2 is 1.96 bits per heavy atom. The average molecular weight is 374 g/mol. The van der Waals surface area contributed by atoms with Crippen molar-refractivity contribution < 1.29 is 14.3 Å². The summed E-state index contributed by atoms with van der Waals surface area (Å²) in [5.41, 5.74) is 2.07. The molecule has 7 heteroatoms. The van der Waals surface area contributed by atoms with Crippen molar-refractivity contribution in [2.24, 2.45) is 0 Å². The number of hydrogen-bond acceptors (Lipinski definition) is 5. The Kier molecular flexibility index (Phi) is 7.79. The molecule has 1 aromatic heterocycles. The number of imidazole rings is 1. The van der Waals surface area contributed by atoms with Crippen molar-refractivity contribution >= 4 is 22.9 Å². The van der Waals surface area contributed by atoms with E-state index in [0.717, 1.165) is 31.6 Å². The highest BCUT2D eigenvalue weighted by atomic mass is 16.5. The summed E-state index contributed by atoms with van der Waals surface area (Å²) < 4.78 is 6.77. The summed E-state index contributed by atoms with van der Waals surface area (Å²) in [7, 11) is 1.35. The second kappa shape index (κ2) is 10.1. The molecular weight excluding hydrogens is 344 g/mol. The van der Waals surface area contributed by atoms with Crippen LogP contribution in [-0.4, -0.2) is 59.6 Å². The third-order valence-electron chi connectivity index (χ3n) is 4.75. The van der Waals surface area contributed by atoms with Crippen molar-refractivity contribution in [3.8, 4) is 0 Å². The van der Waals surface area contributed by atoms with E-state index in [4.69, 9.17) is 4.74 Å². The number of ether oxygens (including phenoxy) is 1. The average Bonchev–Trinajstić information content (AvgIpc) is 3.03. The van der Waals surface area contributed by atoms with Gasteiger partial charge in [-0.25, -0.2) is 9.78 Å². The summed E-state index contributed by atoms with van der Waals surface area (Å²) >= 11 is 0. The van der Waals surface area contributed by atoms with Gasteiger partial charge in [0.15, 0.2) is 0 Å². The highest BCUT2D eigenvalue weighted by molar-refractivity contribution is 5.93. The molecule has 27 heavy (non-hydrogen) atoms. The van der Waals surface area contributed by atoms with E-state index in [0.29, 0.717) is 30.0 Å². The van der Waals surface area contributed by atoms with E-state index in [-0.39, 0.29) is 12.3 Å². The number of amides is 1. The van der Waals surface area contributed by atoms with Crippen LogP contribution in [0.1, 0.15) is 43.4 Å². The number of fused-ring (bicyclic) bond motifs is 1. The SMILES string of the molecule is CCN(CC)CCCNC(=O)Cc1nc2cc(C(=O)OC)ccc2n1CC. The molecule has 0 aliphatic rings. The molecule has 0 aliphatic heterocycles. The fraction of sp³-hybridized carbons (Fsp3) is 0.550. The van der Waals surface area contributed by atoms with Crippen LogP contribution in [0.2, 0.25) is 0 Å². The number of hydrogen-bond donors (Lipinski definition) is 1. The molecule has 1 amide bonds. The molecule has 0 fully saturated rings. The third-order valence-corrected chi connectivity index (χ3v) is 4.75. The fourth-order valence-corrected chi connectivity index (χ4v) is 3.19. The number of carbonyl (C=O) groups excluding carboxylic acids is 2. The Bertz CT molecular complexity index is 781. The van der Waals surface area contributed by atoms with Gasteiger partial charge in [-0.05, 0) is 51.2 Å². The number of nitrogens with one attached hydrogen (secondary N) is 1. The quantitative estimate of drug-likeness (QED) is 0.510. The number of aryl methyl sites for hydroxylation is 1. The van der Waals surface area contributed by atoms with E-state index >= 15 is 0 Å². The number of benzene rings is 1. The first-order valence-electron chi connectivity index (χ1n) is 9.60. The predicted octanol–water partition coefficient (Wildman–Crippen LogP) is 2.23. The largest absolute Gasteiger partial charge is 0.465 e. The number of aromatic nitrogens is 2. The molecule has 0 bridgehead atoms. The van der Waals surface area contributed by atoms with Gasteiger partial charge in [0.2, 0.25) is 5.91 Å². The molecule has 0 radical (unpaired) electrons. The van der Waals surface area contributed by atoms with E-state index in [1.807, 2.05) is 17.6 Å². The second-order valence-corrected chi connectivity index (χ2v) is 6.37. The van der Waals surface area contributed by atoms with Crippen LogP contribution < -0.4 is 5.32 Å². The van der Waals surface area contributed by atoms with Gasteiger partial charge in [0.05, 0.1) is 30.1 Å². The molecule has 7 nitrogen and oxygen atoms in total. The maximum atomic E-state index is 12.3. The summed E-state index contributed by atoms with van der Waals surface area (Å²) in [6.07, 6.45) is 1.15. The van der Waals surface area contributed by atoms with Crippen LogP contribution in [0.25, 0.3) is 11.0 Å². The minimum absolute atomic E-state index is 0.0345. The van der Waals surface area contributed by atoms with Gasteiger partial charge in [-0.15, -0.1) is 0 Å². The summed E-state index contributed by atoms with van der Waals surface area (Å²) in [6.45, 7) is 10.7. The molecule has 0 aliphatic carbocycles. The Balaban J connectivity index is 2.02. The highest BCUT2D eigenvalue weighted by Gasteiger charge is 2.15. The number of rotatable bonds is 10. The fourth-order valence-electron chi connectivity index (χ4n) is 3.19. The maximum absolute atomic E-state index is 12.3. The lowest BCUT2D eigenvalue weighted by Gasteiger charge is -2.17. The lowest BCUT2D eigenvalue weighted by molar-refractivity contribution is -0.120. The molecule has 0 saturated heterocycles. The Labute approximate surface area is 160 Å². The van der Waals surface area contributed by atoms with Gasteiger partial charge in [-0.3, -0.25) is 4.79 Å². The molecule has 2 aromatic rings. The first kappa shape index (κ1) is 20.9. The molecule has 0 saturated carbocycles. The Morgan fingerprint density at radius 1 is 1.22 bits per heavy atom. The van der Waals surface area contributed by atoms with Crippen LogP contribution in [0, 0.1) is 0 Å². The maximum Gasteiger partial charge on any atom is 0.337 e. The first-order valence-corrected chi connectivity index (χ1v) is 9.60. The zero-order valence-corrected chi connectivity index (χ0v) is 16.7. The summed E-state index contributed by atoms with van der Waals surface area (Å²) in [5, 5.41) is 2.98. The molecule has 148 valence electrons. The van der Waals surface area contributed by atoms with Crippen molar-refractivity contribution in [2.75, 3.05) is 33.3 Å². The van der Waals surface area contributed by atoms with Gasteiger partial charge in [0.1, 0.15) is 5.82 Å². The van der Waals surface area contributed by atoms with E-state index in [9.17, 15) is 9.59 Å². The highest BCUT2D eigenvalue weighted by Crippen LogP contribution is 2.19. The number of nitrogens with zero attached hydrogens (tertiary/aromatic N) is 3. The number of carbonyl (C=O) groups is 2. The van der Waals surface area contributed by atoms with Crippen LogP contribution in [0.15, 0.2) is 18.2 Å². The van der Waals surface area contributed by atoms with Crippen molar-refractivity contribution in [3.63, 3.8) is 0 Å². The van der Waals surface area contributed by atoms with E-state index < -0.39 is 5.97 Å². The molecule has 0 spiro atoms. The summed E-state index contributed by atoms with van der Waals surface area (Å²) in [4.78, 5) is 30.9. The monoisotopic (exact) mass is 374 g/mol. The topological polar surface area (TPSA) is 76.5 Å². The summed E-state index contributed by atoms with van der Waals surface area (Å²) in [5.74, 6) is 0.277. The lowest BCUT2D eigenvalue weighted by atomic mass is 10.2. The second-order valence-electron chi connectivity index (χ2n) is 6.37. The molecule has 0 atom stereocenters. The minimum Gasteiger partial charge on any atom is -0.465 e. The van der Waals surface area contributed by atoms with Gasteiger partial charge in [-0.2, -0.15) is 0 Å². The van der Waals surface area contributed by atoms with E-state index in [1.54, 1.807) is 12.1 Å². The van der Waals surface area contributed by atoms with Crippen molar-refractivity contribution in [1.29, 1.82) is 0 Å². The predicted molar refractivity (Wildman–Crippen MR) is 106 cm³/mol. The molecule has 1 heterocycles. The Morgan fingerprint density at radius 3 is 2.59 bits per heavy atom. The number of esters is 1. The van der Waals surface area contributed by atoms with Crippen molar-refractivity contribution in [2.45, 2.75) is 40.2 Å². The van der Waals surface area contributed by atoms with Crippen LogP contribution in [-0.2, 0) is 22.5 Å². The molecule has 1 N–H and O–H groups in total. The van der Waals surface area contributed by atoms with Crippen LogP contribution in [0.5, 0.6) is 0 Å². The molecule has 2 rings (SSSR count).